The van der Waals surface area contributed by atoms with Gasteiger partial charge < -0.3 is 19.2 Å². The molecule has 1 aromatic carbocycles. The van der Waals surface area contributed by atoms with E-state index in [-0.39, 0.29) is 11.3 Å². The Hall–Kier alpha value is -3.00. The van der Waals surface area contributed by atoms with Gasteiger partial charge in [-0.1, -0.05) is 17.8 Å². The van der Waals surface area contributed by atoms with Crippen LogP contribution in [0.15, 0.2) is 47.2 Å². The number of thioether (sulfide) groups is 1. The highest BCUT2D eigenvalue weighted by Gasteiger charge is 2.24. The van der Waals surface area contributed by atoms with Crippen molar-refractivity contribution in [1.29, 1.82) is 0 Å². The molecule has 0 radical (unpaired) electrons. The van der Waals surface area contributed by atoms with E-state index in [1.165, 1.54) is 11.8 Å². The van der Waals surface area contributed by atoms with Crippen LogP contribution in [0.2, 0.25) is 0 Å². The highest BCUT2D eigenvalue weighted by Crippen LogP contribution is 2.38. The third-order valence-electron chi connectivity index (χ3n) is 4.13. The predicted octanol–water partition coefficient (Wildman–Crippen LogP) is 3.47. The average molecular weight is 383 g/mol. The molecule has 0 fully saturated rings. The molecule has 4 rings (SSSR count). The van der Waals surface area contributed by atoms with Crippen LogP contribution in [0, 0.1) is 0 Å². The molecule has 3 heterocycles. The van der Waals surface area contributed by atoms with Gasteiger partial charge in [0.25, 0.3) is 5.91 Å². The second-order valence-electron chi connectivity index (χ2n) is 5.82. The summed E-state index contributed by atoms with van der Waals surface area (Å²) in [5.41, 5.74) is 1.92. The van der Waals surface area contributed by atoms with E-state index in [4.69, 9.17) is 13.9 Å². The van der Waals surface area contributed by atoms with Crippen LogP contribution in [0.4, 0.5) is 0 Å². The molecule has 138 valence electrons. The number of ether oxygens (including phenoxy) is 2. The molecule has 8 heteroatoms. The summed E-state index contributed by atoms with van der Waals surface area (Å²) in [6.07, 6.45) is 6.04. The summed E-state index contributed by atoms with van der Waals surface area (Å²) in [5.74, 6) is 1.47. The topological polar surface area (TPSA) is 86.5 Å². The van der Waals surface area contributed by atoms with E-state index in [1.54, 1.807) is 50.9 Å². The van der Waals surface area contributed by atoms with Crippen molar-refractivity contribution >= 4 is 33.7 Å². The Labute approximate surface area is 159 Å². The number of carbonyl (C=O) groups is 1. The molecule has 1 unspecified atom stereocenters. The maximum Gasteiger partial charge on any atom is 0.252 e. The summed E-state index contributed by atoms with van der Waals surface area (Å²) < 4.78 is 16.2. The zero-order chi connectivity index (χ0) is 18.8. The zero-order valence-electron chi connectivity index (χ0n) is 14.8. The molecule has 0 bridgehead atoms. The predicted molar refractivity (Wildman–Crippen MR) is 103 cm³/mol. The molecule has 3 aromatic rings. The third-order valence-corrected chi connectivity index (χ3v) is 5.32. The normalized spacial score (nSPS) is 16.2. The lowest BCUT2D eigenvalue weighted by Gasteiger charge is -2.13. The summed E-state index contributed by atoms with van der Waals surface area (Å²) >= 11 is 1.52. The quantitative estimate of drug-likeness (QED) is 0.722. The third kappa shape index (κ3) is 3.48. The number of hydrogen-bond acceptors (Lipinski definition) is 7. The number of methoxy groups -OCH3 is 2. The standard InChI is InChI=1S/C19H17N3O4S/c1-24-14-4-3-11(9-15(14)25-2)18(23)22-17-6-5-16(27-17)19-21-12-10-20-8-7-13(12)26-19/h3-5,7-10,17H,6H2,1-2H3,(H,22,23). The first-order chi connectivity index (χ1) is 13.2. The second kappa shape index (κ2) is 7.32. The van der Waals surface area contributed by atoms with Crippen LogP contribution in [-0.4, -0.2) is 35.5 Å². The number of oxazole rings is 1. The van der Waals surface area contributed by atoms with E-state index < -0.39 is 0 Å². The number of hydrogen-bond donors (Lipinski definition) is 1. The number of amides is 1. The van der Waals surface area contributed by atoms with Crippen molar-refractivity contribution in [3.8, 4) is 11.5 Å². The molecule has 0 spiro atoms. The number of carbonyl (C=O) groups excluding carboxylic acids is 1. The molecule has 27 heavy (non-hydrogen) atoms. The van der Waals surface area contributed by atoms with Crippen molar-refractivity contribution in [1.82, 2.24) is 15.3 Å². The summed E-state index contributed by atoms with van der Waals surface area (Å²) in [6, 6.07) is 6.86. The van der Waals surface area contributed by atoms with Crippen molar-refractivity contribution < 1.29 is 18.7 Å². The molecule has 7 nitrogen and oxygen atoms in total. The highest BCUT2D eigenvalue weighted by atomic mass is 32.2. The van der Waals surface area contributed by atoms with Gasteiger partial charge in [-0.15, -0.1) is 0 Å². The van der Waals surface area contributed by atoms with Gasteiger partial charge in [-0.05, 0) is 24.6 Å². The number of nitrogens with zero attached hydrogens (tertiary/aromatic N) is 2. The fraction of sp³-hybridized carbons (Fsp3) is 0.211. The lowest BCUT2D eigenvalue weighted by atomic mass is 10.2. The summed E-state index contributed by atoms with van der Waals surface area (Å²) in [4.78, 5) is 22.0. The molecule has 1 aliphatic rings. The fourth-order valence-corrected chi connectivity index (χ4v) is 3.83. The first kappa shape index (κ1) is 17.4. The first-order valence-electron chi connectivity index (χ1n) is 8.28. The van der Waals surface area contributed by atoms with Gasteiger partial charge in [-0.2, -0.15) is 0 Å². The van der Waals surface area contributed by atoms with Gasteiger partial charge in [0.05, 0.1) is 30.7 Å². The zero-order valence-corrected chi connectivity index (χ0v) is 15.6. The van der Waals surface area contributed by atoms with Crippen LogP contribution in [0.25, 0.3) is 16.0 Å². The summed E-state index contributed by atoms with van der Waals surface area (Å²) in [5, 5.41) is 2.92. The van der Waals surface area contributed by atoms with Gasteiger partial charge in [-0.25, -0.2) is 4.98 Å². The smallest absolute Gasteiger partial charge is 0.252 e. The van der Waals surface area contributed by atoms with Gasteiger partial charge in [0.1, 0.15) is 5.52 Å². The molecule has 1 aliphatic heterocycles. The maximum absolute atomic E-state index is 12.6. The lowest BCUT2D eigenvalue weighted by Crippen LogP contribution is -2.30. The number of fused-ring (bicyclic) bond motifs is 1. The Kier molecular flexibility index (Phi) is 4.72. The van der Waals surface area contributed by atoms with Gasteiger partial charge in [-0.3, -0.25) is 9.78 Å². The van der Waals surface area contributed by atoms with E-state index >= 15 is 0 Å². The highest BCUT2D eigenvalue weighted by molar-refractivity contribution is 8.09. The van der Waals surface area contributed by atoms with Crippen LogP contribution in [0.5, 0.6) is 11.5 Å². The second-order valence-corrected chi connectivity index (χ2v) is 7.06. The molecule has 0 saturated heterocycles. The van der Waals surface area contributed by atoms with E-state index in [1.807, 2.05) is 6.08 Å². The molecule has 1 N–H and O–H groups in total. The molecule has 1 amide bonds. The SMILES string of the molecule is COc1ccc(C(=O)NC2CC=C(c3nc4cnccc4o3)S2)cc1OC. The van der Waals surface area contributed by atoms with Crippen molar-refractivity contribution in [2.75, 3.05) is 14.2 Å². The Bertz CT molecular complexity index is 998. The number of benzene rings is 1. The van der Waals surface area contributed by atoms with Crippen LogP contribution >= 0.6 is 11.8 Å². The van der Waals surface area contributed by atoms with Crippen LogP contribution < -0.4 is 14.8 Å². The van der Waals surface area contributed by atoms with Crippen molar-refractivity contribution in [2.45, 2.75) is 11.8 Å². The van der Waals surface area contributed by atoms with Crippen molar-refractivity contribution in [2.24, 2.45) is 0 Å². The maximum atomic E-state index is 12.6. The minimum Gasteiger partial charge on any atom is -0.493 e. The minimum atomic E-state index is -0.176. The van der Waals surface area contributed by atoms with Gasteiger partial charge in [0.2, 0.25) is 5.89 Å². The van der Waals surface area contributed by atoms with Crippen LogP contribution in [0.3, 0.4) is 0 Å². The van der Waals surface area contributed by atoms with Gasteiger partial charge in [0, 0.05) is 17.8 Å². The number of rotatable bonds is 5. The molecule has 0 aliphatic carbocycles. The Morgan fingerprint density at radius 2 is 2.11 bits per heavy atom. The summed E-state index contributed by atoms with van der Waals surface area (Å²) in [6.45, 7) is 0. The Morgan fingerprint density at radius 3 is 2.89 bits per heavy atom. The number of pyridine rings is 1. The Balaban J connectivity index is 1.43. The number of aromatic nitrogens is 2. The van der Waals surface area contributed by atoms with Crippen molar-refractivity contribution in [3.05, 3.63) is 54.2 Å². The monoisotopic (exact) mass is 383 g/mol. The fourth-order valence-electron chi connectivity index (χ4n) is 2.78. The molecular formula is C19H17N3O4S. The van der Waals surface area contributed by atoms with Crippen molar-refractivity contribution in [3.63, 3.8) is 0 Å². The van der Waals surface area contributed by atoms with Crippen LogP contribution in [0.1, 0.15) is 22.7 Å². The number of nitrogens with one attached hydrogen (secondary N) is 1. The molecular weight excluding hydrogens is 366 g/mol. The Morgan fingerprint density at radius 1 is 1.26 bits per heavy atom. The lowest BCUT2D eigenvalue weighted by molar-refractivity contribution is 0.0950. The molecule has 0 saturated carbocycles. The van der Waals surface area contributed by atoms with E-state index in [0.717, 1.165) is 4.91 Å². The average Bonchev–Trinajstić information content (AvgIpc) is 3.33. The van der Waals surface area contributed by atoms with Crippen LogP contribution in [-0.2, 0) is 0 Å². The minimum absolute atomic E-state index is 0.0891. The van der Waals surface area contributed by atoms with E-state index in [0.29, 0.717) is 40.5 Å². The van der Waals surface area contributed by atoms with E-state index in [9.17, 15) is 4.79 Å². The summed E-state index contributed by atoms with van der Waals surface area (Å²) in [7, 11) is 3.10. The molecule has 1 atom stereocenters. The van der Waals surface area contributed by atoms with E-state index in [2.05, 4.69) is 15.3 Å². The van der Waals surface area contributed by atoms with Gasteiger partial charge in [0.15, 0.2) is 17.1 Å². The largest absolute Gasteiger partial charge is 0.493 e. The first-order valence-corrected chi connectivity index (χ1v) is 9.16. The van der Waals surface area contributed by atoms with Gasteiger partial charge >= 0.3 is 0 Å². The molecule has 2 aromatic heterocycles.